The van der Waals surface area contributed by atoms with Crippen molar-refractivity contribution in [1.82, 2.24) is 0 Å². The topological polar surface area (TPSA) is 52.6 Å². The van der Waals surface area contributed by atoms with Gasteiger partial charge in [-0.2, -0.15) is 0 Å². The molecular formula is C13H16O4. The highest BCUT2D eigenvalue weighted by atomic mass is 16.5. The van der Waals surface area contributed by atoms with Gasteiger partial charge in [0.05, 0.1) is 0 Å². The van der Waals surface area contributed by atoms with Crippen molar-refractivity contribution in [1.29, 1.82) is 0 Å². The van der Waals surface area contributed by atoms with Crippen LogP contribution in [0, 0.1) is 6.92 Å². The quantitative estimate of drug-likeness (QED) is 0.595. The maximum atomic E-state index is 11.1. The number of rotatable bonds is 4. The molecule has 17 heavy (non-hydrogen) atoms. The minimum absolute atomic E-state index is 0.286. The minimum atomic E-state index is -0.289. The van der Waals surface area contributed by atoms with Gasteiger partial charge in [0.2, 0.25) is 0 Å². The van der Waals surface area contributed by atoms with Crippen LogP contribution < -0.4 is 9.47 Å². The van der Waals surface area contributed by atoms with Gasteiger partial charge in [-0.3, -0.25) is 9.59 Å². The number of esters is 2. The van der Waals surface area contributed by atoms with E-state index in [-0.39, 0.29) is 11.9 Å². The molecule has 0 N–H and O–H groups in total. The monoisotopic (exact) mass is 236 g/mol. The summed E-state index contributed by atoms with van der Waals surface area (Å²) in [6, 6.07) is 4.91. The van der Waals surface area contributed by atoms with Crippen molar-refractivity contribution in [3.63, 3.8) is 0 Å². The molecule has 0 aliphatic rings. The fourth-order valence-electron chi connectivity index (χ4n) is 1.20. The van der Waals surface area contributed by atoms with Gasteiger partial charge < -0.3 is 9.47 Å². The second-order valence-electron chi connectivity index (χ2n) is 3.58. The van der Waals surface area contributed by atoms with Crippen molar-refractivity contribution >= 4 is 11.9 Å². The Morgan fingerprint density at radius 1 is 1.06 bits per heavy atom. The van der Waals surface area contributed by atoms with Crippen LogP contribution in [0.1, 0.15) is 32.3 Å². The van der Waals surface area contributed by atoms with Crippen molar-refractivity contribution in [2.45, 2.75) is 33.6 Å². The fraction of sp³-hybridized carbons (Fsp3) is 0.385. The fourth-order valence-corrected chi connectivity index (χ4v) is 1.20. The summed E-state index contributed by atoms with van der Waals surface area (Å²) in [6.45, 7) is 5.25. The Balaban J connectivity index is 2.79. The molecule has 4 heteroatoms. The molecule has 92 valence electrons. The molecule has 0 unspecified atom stereocenters. The summed E-state index contributed by atoms with van der Waals surface area (Å²) in [5, 5.41) is 0. The van der Waals surface area contributed by atoms with Crippen LogP contribution in [0.15, 0.2) is 18.2 Å². The lowest BCUT2D eigenvalue weighted by atomic mass is 10.2. The average molecular weight is 236 g/mol. The van der Waals surface area contributed by atoms with Gasteiger partial charge in [0.1, 0.15) is 11.5 Å². The van der Waals surface area contributed by atoms with Crippen LogP contribution in [0.5, 0.6) is 11.5 Å². The summed E-state index contributed by atoms with van der Waals surface area (Å²) in [4.78, 5) is 22.2. The van der Waals surface area contributed by atoms with Crippen molar-refractivity contribution in [3.05, 3.63) is 23.8 Å². The smallest absolute Gasteiger partial charge is 0.310 e. The van der Waals surface area contributed by atoms with E-state index in [2.05, 4.69) is 0 Å². The van der Waals surface area contributed by atoms with Crippen LogP contribution in [-0.4, -0.2) is 11.9 Å². The van der Waals surface area contributed by atoms with Crippen LogP contribution in [0.2, 0.25) is 0 Å². The highest BCUT2D eigenvalue weighted by Crippen LogP contribution is 2.24. The van der Waals surface area contributed by atoms with E-state index in [4.69, 9.17) is 9.47 Å². The van der Waals surface area contributed by atoms with E-state index in [0.29, 0.717) is 24.3 Å². The summed E-state index contributed by atoms with van der Waals surface area (Å²) in [5.41, 5.74) is 0.758. The Bertz CT molecular complexity index is 423. The number of benzene rings is 1. The van der Waals surface area contributed by atoms with Crippen LogP contribution in [0.25, 0.3) is 0 Å². The number of carbonyl (C=O) groups is 2. The Labute approximate surface area is 101 Å². The third-order valence-corrected chi connectivity index (χ3v) is 2.18. The van der Waals surface area contributed by atoms with Gasteiger partial charge in [-0.25, -0.2) is 0 Å². The Morgan fingerprint density at radius 3 is 2.18 bits per heavy atom. The van der Waals surface area contributed by atoms with E-state index in [9.17, 15) is 9.59 Å². The number of aryl methyl sites for hydroxylation is 1. The van der Waals surface area contributed by atoms with Gasteiger partial charge >= 0.3 is 11.9 Å². The molecule has 0 fully saturated rings. The first-order valence-corrected chi connectivity index (χ1v) is 5.58. The van der Waals surface area contributed by atoms with Gasteiger partial charge in [-0.05, 0) is 30.7 Å². The van der Waals surface area contributed by atoms with E-state index in [1.54, 1.807) is 39.0 Å². The van der Waals surface area contributed by atoms with Crippen molar-refractivity contribution < 1.29 is 19.1 Å². The van der Waals surface area contributed by atoms with Crippen molar-refractivity contribution in [2.24, 2.45) is 0 Å². The van der Waals surface area contributed by atoms with Gasteiger partial charge in [0.25, 0.3) is 0 Å². The first-order chi connectivity index (χ1) is 8.06. The second-order valence-corrected chi connectivity index (χ2v) is 3.58. The molecule has 1 rings (SSSR count). The van der Waals surface area contributed by atoms with Crippen LogP contribution >= 0.6 is 0 Å². The summed E-state index contributed by atoms with van der Waals surface area (Å²) < 4.78 is 10.2. The van der Waals surface area contributed by atoms with Crippen LogP contribution in [-0.2, 0) is 9.59 Å². The minimum Gasteiger partial charge on any atom is -0.427 e. The molecule has 1 aromatic rings. The highest BCUT2D eigenvalue weighted by Gasteiger charge is 2.08. The van der Waals surface area contributed by atoms with Crippen molar-refractivity contribution in [3.8, 4) is 11.5 Å². The van der Waals surface area contributed by atoms with Crippen LogP contribution in [0.4, 0.5) is 0 Å². The summed E-state index contributed by atoms with van der Waals surface area (Å²) in [7, 11) is 0. The predicted molar refractivity (Wildman–Crippen MR) is 63.0 cm³/mol. The van der Waals surface area contributed by atoms with Crippen molar-refractivity contribution in [2.75, 3.05) is 0 Å². The third kappa shape index (κ3) is 3.90. The maximum absolute atomic E-state index is 11.1. The molecule has 0 saturated carbocycles. The molecule has 0 amide bonds. The maximum Gasteiger partial charge on any atom is 0.310 e. The molecule has 0 saturated heterocycles. The van der Waals surface area contributed by atoms with E-state index in [1.165, 1.54) is 0 Å². The van der Waals surface area contributed by atoms with Gasteiger partial charge in [-0.1, -0.05) is 13.8 Å². The zero-order valence-electron chi connectivity index (χ0n) is 10.3. The number of carbonyl (C=O) groups excluding carboxylic acids is 2. The zero-order valence-corrected chi connectivity index (χ0v) is 10.3. The molecule has 4 nitrogen and oxygen atoms in total. The van der Waals surface area contributed by atoms with E-state index >= 15 is 0 Å². The first kappa shape index (κ1) is 13.2. The van der Waals surface area contributed by atoms with E-state index in [0.717, 1.165) is 5.56 Å². The number of hydrogen-bond donors (Lipinski definition) is 0. The lowest BCUT2D eigenvalue weighted by molar-refractivity contribution is -0.135. The molecule has 0 spiro atoms. The molecule has 0 aromatic heterocycles. The molecule has 1 aromatic carbocycles. The summed E-state index contributed by atoms with van der Waals surface area (Å²) >= 11 is 0. The van der Waals surface area contributed by atoms with Crippen LogP contribution in [0.3, 0.4) is 0 Å². The van der Waals surface area contributed by atoms with Gasteiger partial charge in [0, 0.05) is 12.8 Å². The first-order valence-electron chi connectivity index (χ1n) is 5.58. The molecule has 0 aliphatic heterocycles. The van der Waals surface area contributed by atoms with E-state index < -0.39 is 0 Å². The highest BCUT2D eigenvalue weighted by molar-refractivity contribution is 5.73. The largest absolute Gasteiger partial charge is 0.427 e. The van der Waals surface area contributed by atoms with Gasteiger partial charge in [0.15, 0.2) is 0 Å². The molecule has 0 bridgehead atoms. The number of ether oxygens (including phenoxy) is 2. The Morgan fingerprint density at radius 2 is 1.65 bits per heavy atom. The molecule has 0 radical (unpaired) electrons. The molecule has 0 atom stereocenters. The third-order valence-electron chi connectivity index (χ3n) is 2.18. The lowest BCUT2D eigenvalue weighted by Crippen LogP contribution is -2.08. The lowest BCUT2D eigenvalue weighted by Gasteiger charge is -2.08. The normalized spacial score (nSPS) is 9.82. The zero-order chi connectivity index (χ0) is 12.8. The Kier molecular flexibility index (Phi) is 4.69. The predicted octanol–water partition coefficient (Wildman–Crippen LogP) is 2.63. The standard InChI is InChI=1S/C13H16O4/c1-4-12(14)16-10-6-7-11(9(3)8-10)17-13(15)5-2/h6-8H,4-5H2,1-3H3. The number of hydrogen-bond acceptors (Lipinski definition) is 4. The second kappa shape index (κ2) is 6.03. The van der Waals surface area contributed by atoms with Gasteiger partial charge in [-0.15, -0.1) is 0 Å². The summed E-state index contributed by atoms with van der Waals surface area (Å²) in [5.74, 6) is 0.382. The summed E-state index contributed by atoms with van der Waals surface area (Å²) in [6.07, 6.45) is 0.650. The Hall–Kier alpha value is -1.84. The molecule has 0 heterocycles. The van der Waals surface area contributed by atoms with E-state index in [1.807, 2.05) is 0 Å². The molecular weight excluding hydrogens is 220 g/mol. The average Bonchev–Trinajstić information content (AvgIpc) is 2.32. The SMILES string of the molecule is CCC(=O)Oc1ccc(OC(=O)CC)c(C)c1. The molecule has 0 aliphatic carbocycles.